The number of carbonyl (C=O) groups excluding carboxylic acids is 1. The van der Waals surface area contributed by atoms with Crippen molar-refractivity contribution < 1.29 is 23.9 Å². The third-order valence-electron chi connectivity index (χ3n) is 4.31. The van der Waals surface area contributed by atoms with Gasteiger partial charge in [-0.2, -0.15) is 0 Å². The van der Waals surface area contributed by atoms with E-state index in [-0.39, 0.29) is 29.4 Å². The van der Waals surface area contributed by atoms with Gasteiger partial charge in [-0.15, -0.1) is 0 Å². The predicted octanol–water partition coefficient (Wildman–Crippen LogP) is 2.24. The molecular weight excluding hydrogens is 380 g/mol. The largest absolute Gasteiger partial charge is 0.493 e. The summed E-state index contributed by atoms with van der Waals surface area (Å²) in [7, 11) is 3.96. The molecule has 0 aliphatic heterocycles. The van der Waals surface area contributed by atoms with Crippen LogP contribution in [0, 0.1) is 10.1 Å². The van der Waals surface area contributed by atoms with E-state index in [0.717, 1.165) is 11.3 Å². The van der Waals surface area contributed by atoms with Crippen LogP contribution in [0.2, 0.25) is 0 Å². The number of ether oxygens (including phenoxy) is 3. The Labute approximate surface area is 166 Å². The summed E-state index contributed by atoms with van der Waals surface area (Å²) in [6.07, 6.45) is 4.21. The second-order valence-corrected chi connectivity index (χ2v) is 6.00. The van der Waals surface area contributed by atoms with Crippen molar-refractivity contribution in [1.82, 2.24) is 14.7 Å². The first kappa shape index (κ1) is 19.9. The van der Waals surface area contributed by atoms with Crippen molar-refractivity contribution in [3.8, 4) is 17.2 Å². The number of carbonyl (C=O) groups is 1. The summed E-state index contributed by atoms with van der Waals surface area (Å²) in [4.78, 5) is 28.0. The van der Waals surface area contributed by atoms with Gasteiger partial charge in [-0.25, -0.2) is 4.98 Å². The van der Waals surface area contributed by atoms with Gasteiger partial charge in [0.25, 0.3) is 5.91 Å². The molecule has 0 aliphatic rings. The molecule has 0 atom stereocenters. The van der Waals surface area contributed by atoms with E-state index in [9.17, 15) is 14.9 Å². The van der Waals surface area contributed by atoms with Crippen molar-refractivity contribution in [1.29, 1.82) is 0 Å². The number of aromatic nitrogens is 2. The summed E-state index contributed by atoms with van der Waals surface area (Å²) in [5, 5.41) is 14.3. The molecule has 2 heterocycles. The molecule has 1 N–H and O–H groups in total. The number of hydrogen-bond acceptors (Lipinski definition) is 7. The molecule has 1 amide bonds. The molecule has 10 nitrogen and oxygen atoms in total. The number of rotatable bonds is 8. The molecule has 3 rings (SSSR count). The van der Waals surface area contributed by atoms with Gasteiger partial charge < -0.3 is 23.9 Å². The SMILES string of the molecule is COc1cc(C(=O)NCCc2cn3ccccc3n2)c([N+](=O)[O-])c(OC)c1OC. The molecule has 0 spiro atoms. The van der Waals surface area contributed by atoms with E-state index in [2.05, 4.69) is 10.3 Å². The summed E-state index contributed by atoms with van der Waals surface area (Å²) < 4.78 is 17.4. The molecule has 3 aromatic rings. The van der Waals surface area contributed by atoms with Gasteiger partial charge in [0, 0.05) is 31.4 Å². The summed E-state index contributed by atoms with van der Waals surface area (Å²) in [6, 6.07) is 6.92. The van der Waals surface area contributed by atoms with Gasteiger partial charge in [0.15, 0.2) is 5.75 Å². The lowest BCUT2D eigenvalue weighted by Gasteiger charge is -2.14. The monoisotopic (exact) mass is 400 g/mol. The predicted molar refractivity (Wildman–Crippen MR) is 104 cm³/mol. The first-order chi connectivity index (χ1) is 14.0. The Morgan fingerprint density at radius 1 is 1.21 bits per heavy atom. The fourth-order valence-electron chi connectivity index (χ4n) is 3.00. The van der Waals surface area contributed by atoms with Gasteiger partial charge >= 0.3 is 5.69 Å². The fourth-order valence-corrected chi connectivity index (χ4v) is 3.00. The lowest BCUT2D eigenvalue weighted by Crippen LogP contribution is -2.26. The Morgan fingerprint density at radius 2 is 1.97 bits per heavy atom. The number of nitro benzene ring substituents is 1. The molecular formula is C19H20N4O6. The molecule has 10 heteroatoms. The molecule has 0 bridgehead atoms. The Morgan fingerprint density at radius 3 is 2.59 bits per heavy atom. The van der Waals surface area contributed by atoms with Crippen LogP contribution in [0.5, 0.6) is 17.2 Å². The highest BCUT2D eigenvalue weighted by molar-refractivity contribution is 6.00. The highest BCUT2D eigenvalue weighted by atomic mass is 16.6. The number of benzene rings is 1. The average Bonchev–Trinajstić information content (AvgIpc) is 3.14. The second-order valence-electron chi connectivity index (χ2n) is 6.00. The maximum Gasteiger partial charge on any atom is 0.327 e. The molecule has 1 aromatic carbocycles. The minimum absolute atomic E-state index is 0.0444. The van der Waals surface area contributed by atoms with Gasteiger partial charge in [0.2, 0.25) is 11.5 Å². The summed E-state index contributed by atoms with van der Waals surface area (Å²) >= 11 is 0. The molecule has 0 fully saturated rings. The zero-order valence-corrected chi connectivity index (χ0v) is 16.2. The topological polar surface area (TPSA) is 117 Å². The molecule has 0 radical (unpaired) electrons. The Hall–Kier alpha value is -3.82. The van der Waals surface area contributed by atoms with Gasteiger partial charge in [0.05, 0.1) is 31.9 Å². The van der Waals surface area contributed by atoms with E-state index < -0.39 is 16.5 Å². The second kappa shape index (κ2) is 8.46. The van der Waals surface area contributed by atoms with Crippen LogP contribution < -0.4 is 19.5 Å². The fraction of sp³-hybridized carbons (Fsp3) is 0.263. The van der Waals surface area contributed by atoms with Crippen LogP contribution in [-0.2, 0) is 6.42 Å². The minimum Gasteiger partial charge on any atom is -0.493 e. The van der Waals surface area contributed by atoms with Gasteiger partial charge in [0.1, 0.15) is 11.2 Å². The van der Waals surface area contributed by atoms with Gasteiger partial charge in [-0.1, -0.05) is 6.07 Å². The maximum atomic E-state index is 12.7. The minimum atomic E-state index is -0.683. The number of pyridine rings is 1. The molecule has 0 unspecified atom stereocenters. The smallest absolute Gasteiger partial charge is 0.327 e. The van der Waals surface area contributed by atoms with Crippen molar-refractivity contribution in [3.63, 3.8) is 0 Å². The quantitative estimate of drug-likeness (QED) is 0.455. The third-order valence-corrected chi connectivity index (χ3v) is 4.31. The number of nitro groups is 1. The number of amides is 1. The number of nitrogens with one attached hydrogen (secondary N) is 1. The van der Waals surface area contributed by atoms with Crippen molar-refractivity contribution in [2.75, 3.05) is 27.9 Å². The number of imidazole rings is 1. The highest BCUT2D eigenvalue weighted by Gasteiger charge is 2.32. The van der Waals surface area contributed by atoms with E-state index in [1.807, 2.05) is 35.0 Å². The van der Waals surface area contributed by atoms with Crippen LogP contribution in [0.4, 0.5) is 5.69 Å². The van der Waals surface area contributed by atoms with E-state index in [1.165, 1.54) is 27.4 Å². The lowest BCUT2D eigenvalue weighted by atomic mass is 10.1. The van der Waals surface area contributed by atoms with E-state index in [4.69, 9.17) is 14.2 Å². The number of methoxy groups -OCH3 is 3. The van der Waals surface area contributed by atoms with Crippen LogP contribution in [0.1, 0.15) is 16.1 Å². The van der Waals surface area contributed by atoms with E-state index >= 15 is 0 Å². The molecule has 2 aromatic heterocycles. The molecule has 29 heavy (non-hydrogen) atoms. The summed E-state index contributed by atoms with van der Waals surface area (Å²) in [5.74, 6) is -0.606. The van der Waals surface area contributed by atoms with Crippen molar-refractivity contribution in [2.45, 2.75) is 6.42 Å². The van der Waals surface area contributed by atoms with Crippen molar-refractivity contribution in [3.05, 3.63) is 58.0 Å². The Kier molecular flexibility index (Phi) is 5.82. The Balaban J connectivity index is 1.82. The van der Waals surface area contributed by atoms with Crippen LogP contribution in [0.3, 0.4) is 0 Å². The van der Waals surface area contributed by atoms with Crippen LogP contribution in [-0.4, -0.2) is 48.1 Å². The zero-order chi connectivity index (χ0) is 21.0. The van der Waals surface area contributed by atoms with E-state index in [1.54, 1.807) is 0 Å². The first-order valence-corrected chi connectivity index (χ1v) is 8.68. The van der Waals surface area contributed by atoms with Crippen LogP contribution >= 0.6 is 0 Å². The van der Waals surface area contributed by atoms with E-state index in [0.29, 0.717) is 6.42 Å². The van der Waals surface area contributed by atoms with Crippen LogP contribution in [0.25, 0.3) is 5.65 Å². The molecule has 0 aliphatic carbocycles. The number of nitrogens with zero attached hydrogens (tertiary/aromatic N) is 3. The average molecular weight is 400 g/mol. The standard InChI is InChI=1S/C19H20N4O6/c1-27-14-10-13(16(23(25)26)18(29-3)17(14)28-2)19(24)20-8-7-12-11-22-9-5-4-6-15(22)21-12/h4-6,9-11H,7-8H2,1-3H3,(H,20,24). The summed E-state index contributed by atoms with van der Waals surface area (Å²) in [5.41, 5.74) is 0.917. The third kappa shape index (κ3) is 3.91. The highest BCUT2D eigenvalue weighted by Crippen LogP contribution is 2.46. The zero-order valence-electron chi connectivity index (χ0n) is 16.2. The number of fused-ring (bicyclic) bond motifs is 1. The molecule has 0 saturated carbocycles. The Bertz CT molecular complexity index is 1030. The first-order valence-electron chi connectivity index (χ1n) is 8.68. The normalized spacial score (nSPS) is 10.6. The van der Waals surface area contributed by atoms with Crippen LogP contribution in [0.15, 0.2) is 36.7 Å². The molecule has 0 saturated heterocycles. The van der Waals surface area contributed by atoms with Gasteiger partial charge in [-0.3, -0.25) is 14.9 Å². The van der Waals surface area contributed by atoms with Crippen molar-refractivity contribution in [2.24, 2.45) is 0 Å². The number of hydrogen-bond donors (Lipinski definition) is 1. The van der Waals surface area contributed by atoms with Gasteiger partial charge in [-0.05, 0) is 12.1 Å². The lowest BCUT2D eigenvalue weighted by molar-refractivity contribution is -0.386. The van der Waals surface area contributed by atoms with Crippen molar-refractivity contribution >= 4 is 17.2 Å². The molecule has 152 valence electrons. The summed E-state index contributed by atoms with van der Waals surface area (Å²) in [6.45, 7) is 0.247. The maximum absolute atomic E-state index is 12.7.